The first-order chi connectivity index (χ1) is 11.4. The first-order valence-corrected chi connectivity index (χ1v) is 7.58. The van der Waals surface area contributed by atoms with Crippen LogP contribution in [0.5, 0.6) is 0 Å². The predicted octanol–water partition coefficient (Wildman–Crippen LogP) is 0.0497. The monoisotopic (exact) mass is 332 g/mol. The van der Waals surface area contributed by atoms with Crippen LogP contribution in [0.2, 0.25) is 0 Å². The van der Waals surface area contributed by atoms with Crippen molar-refractivity contribution in [2.75, 3.05) is 38.6 Å². The van der Waals surface area contributed by atoms with Crippen LogP contribution in [-0.4, -0.2) is 67.3 Å². The average molecular weight is 332 g/mol. The Morgan fingerprint density at radius 3 is 2.38 bits per heavy atom. The second kappa shape index (κ2) is 7.58. The number of nitrogens with zero attached hydrogens (tertiary/aromatic N) is 3. The van der Waals surface area contributed by atoms with E-state index in [1.807, 2.05) is 37.4 Å². The van der Waals surface area contributed by atoms with Crippen LogP contribution in [0.4, 0.5) is 10.5 Å². The van der Waals surface area contributed by atoms with E-state index in [1.54, 1.807) is 0 Å². The number of likely N-dealkylation sites (N-methyl/N-ethyl adjacent to an activating group) is 1. The summed E-state index contributed by atoms with van der Waals surface area (Å²) in [6.07, 6.45) is 0.706. The molecule has 0 spiro atoms. The molecule has 2 rings (SSSR count). The minimum atomic E-state index is -0.971. The van der Waals surface area contributed by atoms with Gasteiger partial charge in [-0.25, -0.2) is 9.69 Å². The first-order valence-electron chi connectivity index (χ1n) is 7.58. The lowest BCUT2D eigenvalue weighted by molar-refractivity contribution is -0.143. The Hall–Kier alpha value is -2.90. The highest BCUT2D eigenvalue weighted by atomic mass is 16.2. The number of urea groups is 1. The van der Waals surface area contributed by atoms with E-state index in [0.29, 0.717) is 22.8 Å². The molecule has 0 unspecified atom stereocenters. The molecule has 0 saturated carbocycles. The van der Waals surface area contributed by atoms with Crippen LogP contribution < -0.4 is 10.2 Å². The third-order valence-electron chi connectivity index (χ3n) is 3.74. The number of para-hydroxylation sites is 1. The van der Waals surface area contributed by atoms with Crippen molar-refractivity contribution < 1.29 is 19.2 Å². The largest absolute Gasteiger partial charge is 0.375 e. The normalized spacial score (nSPS) is 14.3. The molecule has 0 aliphatic carbocycles. The Labute approximate surface area is 140 Å². The van der Waals surface area contributed by atoms with Gasteiger partial charge < -0.3 is 10.2 Å². The lowest BCUT2D eigenvalue weighted by Gasteiger charge is -2.19. The van der Waals surface area contributed by atoms with Crippen LogP contribution in [0.25, 0.3) is 0 Å². The molecule has 5 amide bonds. The zero-order valence-corrected chi connectivity index (χ0v) is 13.7. The smallest absolute Gasteiger partial charge is 0.334 e. The number of imide groups is 2. The number of amides is 5. The van der Waals surface area contributed by atoms with Crippen molar-refractivity contribution in [3.8, 4) is 0 Å². The summed E-state index contributed by atoms with van der Waals surface area (Å²) < 4.78 is 0. The summed E-state index contributed by atoms with van der Waals surface area (Å²) in [5.41, 5.74) is 1.08. The molecular weight excluding hydrogens is 312 g/mol. The second-order valence-electron chi connectivity index (χ2n) is 5.50. The van der Waals surface area contributed by atoms with Crippen molar-refractivity contribution in [3.63, 3.8) is 0 Å². The Balaban J connectivity index is 1.71. The van der Waals surface area contributed by atoms with E-state index in [4.69, 9.17) is 0 Å². The van der Waals surface area contributed by atoms with Gasteiger partial charge in [-0.05, 0) is 18.6 Å². The summed E-state index contributed by atoms with van der Waals surface area (Å²) in [6.45, 7) is 0.714. The molecule has 1 aliphatic rings. The van der Waals surface area contributed by atoms with Gasteiger partial charge >= 0.3 is 17.8 Å². The maximum absolute atomic E-state index is 11.8. The fraction of sp³-hybridized carbons (Fsp3) is 0.375. The Kier molecular flexibility index (Phi) is 5.51. The maximum atomic E-state index is 11.8. The summed E-state index contributed by atoms with van der Waals surface area (Å²) in [4.78, 5) is 49.8. The minimum absolute atomic E-state index is 0.413. The van der Waals surface area contributed by atoms with Crippen molar-refractivity contribution >= 4 is 29.4 Å². The molecule has 24 heavy (non-hydrogen) atoms. The molecule has 0 radical (unpaired) electrons. The maximum Gasteiger partial charge on any atom is 0.334 e. The zero-order valence-electron chi connectivity index (χ0n) is 13.7. The number of carbonyl (C=O) groups is 4. The number of carbonyl (C=O) groups excluding carboxylic acids is 4. The van der Waals surface area contributed by atoms with E-state index in [2.05, 4.69) is 10.2 Å². The van der Waals surface area contributed by atoms with Gasteiger partial charge in [-0.2, -0.15) is 0 Å². The molecule has 1 aromatic rings. The molecule has 8 nitrogen and oxygen atoms in total. The van der Waals surface area contributed by atoms with Gasteiger partial charge in [0.1, 0.15) is 6.54 Å². The molecule has 8 heteroatoms. The average Bonchev–Trinajstić information content (AvgIpc) is 2.77. The Morgan fingerprint density at radius 1 is 1.12 bits per heavy atom. The fourth-order valence-corrected chi connectivity index (χ4v) is 2.31. The van der Waals surface area contributed by atoms with Gasteiger partial charge in [0.25, 0.3) is 0 Å². The minimum Gasteiger partial charge on any atom is -0.375 e. The lowest BCUT2D eigenvalue weighted by Crippen LogP contribution is -2.41. The quantitative estimate of drug-likeness (QED) is 0.433. The number of nitrogens with one attached hydrogen (secondary N) is 1. The fourth-order valence-electron chi connectivity index (χ4n) is 2.31. The third-order valence-corrected chi connectivity index (χ3v) is 3.74. The molecule has 1 heterocycles. The van der Waals surface area contributed by atoms with E-state index >= 15 is 0 Å². The molecular formula is C16H20N4O4. The van der Waals surface area contributed by atoms with Gasteiger partial charge in [0.2, 0.25) is 5.91 Å². The van der Waals surface area contributed by atoms with Crippen molar-refractivity contribution in [1.29, 1.82) is 0 Å². The summed E-state index contributed by atoms with van der Waals surface area (Å²) in [5.74, 6) is -2.36. The molecule has 0 atom stereocenters. The highest BCUT2D eigenvalue weighted by Crippen LogP contribution is 2.11. The SMILES string of the molecule is CN1C(=O)C(=O)N(CC(=O)NCCCN(C)c2ccccc2)C1=O. The summed E-state index contributed by atoms with van der Waals surface area (Å²) >= 11 is 0. The highest BCUT2D eigenvalue weighted by Gasteiger charge is 2.42. The molecule has 0 bridgehead atoms. The number of rotatable bonds is 7. The van der Waals surface area contributed by atoms with Gasteiger partial charge in [-0.3, -0.25) is 19.3 Å². The topological polar surface area (TPSA) is 90.0 Å². The first kappa shape index (κ1) is 17.5. The predicted molar refractivity (Wildman–Crippen MR) is 87.2 cm³/mol. The van der Waals surface area contributed by atoms with Crippen molar-refractivity contribution in [2.45, 2.75) is 6.42 Å². The van der Waals surface area contributed by atoms with Gasteiger partial charge in [-0.1, -0.05) is 18.2 Å². The van der Waals surface area contributed by atoms with Crippen molar-refractivity contribution in [1.82, 2.24) is 15.1 Å². The van der Waals surface area contributed by atoms with Gasteiger partial charge in [0.05, 0.1) is 0 Å². The van der Waals surface area contributed by atoms with Crippen molar-refractivity contribution in [3.05, 3.63) is 30.3 Å². The van der Waals surface area contributed by atoms with Crippen LogP contribution >= 0.6 is 0 Å². The summed E-state index contributed by atoms with van der Waals surface area (Å²) in [6, 6.07) is 9.07. The van der Waals surface area contributed by atoms with Gasteiger partial charge in [0, 0.05) is 32.9 Å². The Morgan fingerprint density at radius 2 is 1.79 bits per heavy atom. The molecule has 1 N–H and O–H groups in total. The van der Waals surface area contributed by atoms with Crippen LogP contribution in [0.1, 0.15) is 6.42 Å². The second-order valence-corrected chi connectivity index (χ2v) is 5.50. The van der Waals surface area contributed by atoms with Crippen molar-refractivity contribution in [2.24, 2.45) is 0 Å². The van der Waals surface area contributed by atoms with E-state index in [9.17, 15) is 19.2 Å². The van der Waals surface area contributed by atoms with E-state index in [0.717, 1.165) is 12.2 Å². The van der Waals surface area contributed by atoms with Gasteiger partial charge in [0.15, 0.2) is 0 Å². The number of hydrogen-bond donors (Lipinski definition) is 1. The van der Waals surface area contributed by atoms with Gasteiger partial charge in [-0.15, -0.1) is 0 Å². The zero-order chi connectivity index (χ0) is 17.7. The summed E-state index contributed by atoms with van der Waals surface area (Å²) in [5, 5.41) is 2.65. The highest BCUT2D eigenvalue weighted by molar-refractivity contribution is 6.44. The van der Waals surface area contributed by atoms with Crippen LogP contribution in [0, 0.1) is 0 Å². The number of anilines is 1. The molecule has 1 saturated heterocycles. The molecule has 128 valence electrons. The standard InChI is InChI=1S/C16H20N4O4/c1-18(12-7-4-3-5-8-12)10-6-9-17-13(21)11-20-15(23)14(22)19(2)16(20)24/h3-5,7-8H,6,9-11H2,1-2H3,(H,17,21). The number of benzene rings is 1. The Bertz CT molecular complexity index is 647. The van der Waals surface area contributed by atoms with Crippen LogP contribution in [-0.2, 0) is 14.4 Å². The molecule has 0 aromatic heterocycles. The van der Waals surface area contributed by atoms with E-state index in [-0.39, 0.29) is 0 Å². The van der Waals surface area contributed by atoms with E-state index < -0.39 is 30.3 Å². The molecule has 1 fully saturated rings. The molecule has 1 aromatic carbocycles. The number of hydrogen-bond acceptors (Lipinski definition) is 5. The third kappa shape index (κ3) is 3.89. The lowest BCUT2D eigenvalue weighted by atomic mass is 10.3. The van der Waals surface area contributed by atoms with E-state index in [1.165, 1.54) is 7.05 Å². The van der Waals surface area contributed by atoms with Crippen LogP contribution in [0.15, 0.2) is 30.3 Å². The van der Waals surface area contributed by atoms with Crippen LogP contribution in [0.3, 0.4) is 0 Å². The summed E-state index contributed by atoms with van der Waals surface area (Å²) in [7, 11) is 3.17. The molecule has 1 aliphatic heterocycles.